The summed E-state index contributed by atoms with van der Waals surface area (Å²) in [4.78, 5) is 31.6. The molecule has 0 aliphatic carbocycles. The number of fused-ring (bicyclic) bond motifs is 1. The van der Waals surface area contributed by atoms with Gasteiger partial charge in [0.25, 0.3) is 0 Å². The van der Waals surface area contributed by atoms with Crippen molar-refractivity contribution in [2.75, 3.05) is 19.1 Å². The van der Waals surface area contributed by atoms with Gasteiger partial charge in [0.2, 0.25) is 5.91 Å². The Morgan fingerprint density at radius 2 is 1.78 bits per heavy atom. The molecular weight excluding hydrogens is 482 g/mol. The molecule has 2 heterocycles. The van der Waals surface area contributed by atoms with Gasteiger partial charge in [-0.1, -0.05) is 30.3 Å². The minimum atomic E-state index is -4.29. The SMILES string of the molecule is COc1ccc(N(C)C(=O)[C@H](Cc2ccccc2)NC(=O)NS(=O)(=O)n2ccc3ccncc32)cc1. The molecule has 0 aliphatic heterocycles. The fraction of sp³-hybridized carbons (Fsp3) is 0.160. The molecule has 186 valence electrons. The van der Waals surface area contributed by atoms with Crippen LogP contribution in [0.4, 0.5) is 10.5 Å². The normalized spacial score (nSPS) is 12.1. The molecule has 0 aliphatic rings. The number of amides is 3. The maximum absolute atomic E-state index is 13.4. The number of hydrogen-bond donors (Lipinski definition) is 2. The second kappa shape index (κ2) is 10.5. The molecule has 36 heavy (non-hydrogen) atoms. The van der Waals surface area contributed by atoms with Crippen LogP contribution in [0.5, 0.6) is 5.75 Å². The molecule has 1 atom stereocenters. The van der Waals surface area contributed by atoms with Crippen LogP contribution in [0.15, 0.2) is 85.3 Å². The van der Waals surface area contributed by atoms with Crippen molar-refractivity contribution in [3.05, 3.63) is 90.9 Å². The van der Waals surface area contributed by atoms with E-state index in [9.17, 15) is 18.0 Å². The molecule has 0 radical (unpaired) electrons. The first-order chi connectivity index (χ1) is 17.3. The van der Waals surface area contributed by atoms with E-state index < -0.39 is 28.2 Å². The summed E-state index contributed by atoms with van der Waals surface area (Å²) < 4.78 is 33.9. The molecule has 0 saturated carbocycles. The Morgan fingerprint density at radius 1 is 1.06 bits per heavy atom. The highest BCUT2D eigenvalue weighted by Gasteiger charge is 2.27. The van der Waals surface area contributed by atoms with E-state index in [2.05, 4.69) is 10.3 Å². The number of aromatic nitrogens is 2. The number of pyridine rings is 1. The van der Waals surface area contributed by atoms with Gasteiger partial charge < -0.3 is 15.0 Å². The van der Waals surface area contributed by atoms with Crippen molar-refractivity contribution in [1.29, 1.82) is 0 Å². The predicted octanol–water partition coefficient (Wildman–Crippen LogP) is 2.71. The molecule has 10 nitrogen and oxygen atoms in total. The van der Waals surface area contributed by atoms with Crippen LogP contribution >= 0.6 is 0 Å². The van der Waals surface area contributed by atoms with Crippen LogP contribution in [-0.2, 0) is 21.4 Å². The zero-order valence-electron chi connectivity index (χ0n) is 19.7. The molecule has 4 rings (SSSR count). The fourth-order valence-electron chi connectivity index (χ4n) is 3.73. The number of urea groups is 1. The fourth-order valence-corrected chi connectivity index (χ4v) is 4.75. The second-order valence-corrected chi connectivity index (χ2v) is 9.51. The first-order valence-electron chi connectivity index (χ1n) is 11.0. The van der Waals surface area contributed by atoms with Gasteiger partial charge in [0.15, 0.2) is 0 Å². The lowest BCUT2D eigenvalue weighted by Crippen LogP contribution is -2.53. The van der Waals surface area contributed by atoms with Crippen LogP contribution < -0.4 is 19.7 Å². The van der Waals surface area contributed by atoms with Crippen molar-refractivity contribution < 1.29 is 22.7 Å². The van der Waals surface area contributed by atoms with Gasteiger partial charge in [0.05, 0.1) is 18.8 Å². The molecule has 3 amide bonds. The number of anilines is 1. The second-order valence-electron chi connectivity index (χ2n) is 7.96. The monoisotopic (exact) mass is 507 g/mol. The molecule has 2 aromatic carbocycles. The van der Waals surface area contributed by atoms with Crippen LogP contribution in [0.2, 0.25) is 0 Å². The number of methoxy groups -OCH3 is 1. The van der Waals surface area contributed by atoms with Gasteiger partial charge in [-0.05, 0) is 42.0 Å². The quantitative estimate of drug-likeness (QED) is 0.378. The Bertz CT molecular complexity index is 1470. The van der Waals surface area contributed by atoms with Crippen molar-refractivity contribution in [2.24, 2.45) is 0 Å². The van der Waals surface area contributed by atoms with Crippen molar-refractivity contribution >= 4 is 38.7 Å². The Kier molecular flexibility index (Phi) is 7.20. The summed E-state index contributed by atoms with van der Waals surface area (Å²) in [6, 6.07) is 17.2. The van der Waals surface area contributed by atoms with E-state index in [1.165, 1.54) is 17.3 Å². The van der Waals surface area contributed by atoms with E-state index in [4.69, 9.17) is 4.74 Å². The summed E-state index contributed by atoms with van der Waals surface area (Å²) >= 11 is 0. The van der Waals surface area contributed by atoms with E-state index >= 15 is 0 Å². The molecule has 2 aromatic heterocycles. The average Bonchev–Trinajstić information content (AvgIpc) is 3.33. The smallest absolute Gasteiger partial charge is 0.331 e. The molecule has 0 saturated heterocycles. The van der Waals surface area contributed by atoms with Crippen molar-refractivity contribution in [3.8, 4) is 5.75 Å². The Morgan fingerprint density at radius 3 is 2.47 bits per heavy atom. The van der Waals surface area contributed by atoms with Crippen LogP contribution in [0, 0.1) is 0 Å². The number of rotatable bonds is 8. The molecule has 0 fully saturated rings. The minimum absolute atomic E-state index is 0.157. The highest BCUT2D eigenvalue weighted by atomic mass is 32.2. The van der Waals surface area contributed by atoms with Gasteiger partial charge in [-0.15, -0.1) is 0 Å². The number of likely N-dealkylation sites (N-methyl/N-ethyl adjacent to an activating group) is 1. The van der Waals surface area contributed by atoms with E-state index in [-0.39, 0.29) is 6.42 Å². The number of ether oxygens (including phenoxy) is 1. The third-order valence-electron chi connectivity index (χ3n) is 5.62. The number of hydrogen-bond acceptors (Lipinski definition) is 6. The third kappa shape index (κ3) is 5.47. The van der Waals surface area contributed by atoms with Crippen LogP contribution in [0.25, 0.3) is 10.9 Å². The van der Waals surface area contributed by atoms with Crippen molar-refractivity contribution in [1.82, 2.24) is 19.0 Å². The third-order valence-corrected chi connectivity index (χ3v) is 6.90. The van der Waals surface area contributed by atoms with E-state index in [1.807, 2.05) is 35.1 Å². The van der Waals surface area contributed by atoms with Gasteiger partial charge in [0.1, 0.15) is 11.8 Å². The molecule has 4 aromatic rings. The highest BCUT2D eigenvalue weighted by Crippen LogP contribution is 2.20. The van der Waals surface area contributed by atoms with E-state index in [0.29, 0.717) is 22.3 Å². The first kappa shape index (κ1) is 24.7. The Hall–Kier alpha value is -4.38. The molecular formula is C25H25N5O5S. The lowest BCUT2D eigenvalue weighted by atomic mass is 10.0. The van der Waals surface area contributed by atoms with Crippen LogP contribution in [-0.4, -0.2) is 49.5 Å². The number of carbonyl (C=O) groups is 2. The maximum Gasteiger partial charge on any atom is 0.331 e. The Labute approximate surface area is 208 Å². The lowest BCUT2D eigenvalue weighted by molar-refractivity contribution is -0.120. The molecule has 0 spiro atoms. The molecule has 2 N–H and O–H groups in total. The molecule has 0 unspecified atom stereocenters. The molecule has 11 heteroatoms. The number of nitrogens with one attached hydrogen (secondary N) is 2. The zero-order chi connectivity index (χ0) is 25.7. The summed E-state index contributed by atoms with van der Waals surface area (Å²) in [5.41, 5.74) is 1.69. The zero-order valence-corrected chi connectivity index (χ0v) is 20.5. The number of benzene rings is 2. The van der Waals surface area contributed by atoms with Gasteiger partial charge in [-0.3, -0.25) is 9.78 Å². The van der Waals surface area contributed by atoms with Crippen molar-refractivity contribution in [3.63, 3.8) is 0 Å². The maximum atomic E-state index is 13.4. The summed E-state index contributed by atoms with van der Waals surface area (Å²) in [7, 11) is -1.17. The minimum Gasteiger partial charge on any atom is -0.497 e. The van der Waals surface area contributed by atoms with E-state index in [1.54, 1.807) is 56.8 Å². The largest absolute Gasteiger partial charge is 0.497 e. The van der Waals surface area contributed by atoms with Gasteiger partial charge in [-0.2, -0.15) is 8.42 Å². The molecule has 0 bridgehead atoms. The topological polar surface area (TPSA) is 123 Å². The van der Waals surface area contributed by atoms with Gasteiger partial charge in [-0.25, -0.2) is 13.5 Å². The lowest BCUT2D eigenvalue weighted by Gasteiger charge is -2.25. The van der Waals surface area contributed by atoms with E-state index in [0.717, 1.165) is 9.54 Å². The number of carbonyl (C=O) groups excluding carboxylic acids is 2. The number of nitrogens with zero attached hydrogens (tertiary/aromatic N) is 3. The first-order valence-corrected chi connectivity index (χ1v) is 12.4. The summed E-state index contributed by atoms with van der Waals surface area (Å²) in [5, 5.41) is 3.18. The highest BCUT2D eigenvalue weighted by molar-refractivity contribution is 7.88. The van der Waals surface area contributed by atoms with Crippen LogP contribution in [0.3, 0.4) is 0 Å². The summed E-state index contributed by atoms with van der Waals surface area (Å²) in [5.74, 6) is 0.211. The van der Waals surface area contributed by atoms with Crippen LogP contribution in [0.1, 0.15) is 5.56 Å². The van der Waals surface area contributed by atoms with Gasteiger partial charge >= 0.3 is 16.2 Å². The van der Waals surface area contributed by atoms with Gasteiger partial charge in [0, 0.05) is 36.9 Å². The summed E-state index contributed by atoms with van der Waals surface area (Å²) in [6.45, 7) is 0. The summed E-state index contributed by atoms with van der Waals surface area (Å²) in [6.07, 6.45) is 4.41. The standard InChI is InChI=1S/C25H25N5O5S/c1-29(20-8-10-21(35-2)11-9-20)24(31)22(16-18-6-4-3-5-7-18)27-25(32)28-36(33,34)30-15-13-19-12-14-26-17-23(19)30/h3-15,17,22H,16H2,1-2H3,(H2,27,28,32)/t22-/m0/s1. The van der Waals surface area contributed by atoms with Crippen molar-refractivity contribution in [2.45, 2.75) is 12.5 Å². The Balaban J connectivity index is 1.55. The predicted molar refractivity (Wildman–Crippen MR) is 136 cm³/mol. The average molecular weight is 508 g/mol.